The molecule has 0 saturated carbocycles. The second kappa shape index (κ2) is 6.72. The summed E-state index contributed by atoms with van der Waals surface area (Å²) in [7, 11) is 0. The van der Waals surface area contributed by atoms with Gasteiger partial charge in [0.05, 0.1) is 12.7 Å². The van der Waals surface area contributed by atoms with Crippen molar-refractivity contribution < 1.29 is 9.15 Å². The highest BCUT2D eigenvalue weighted by Crippen LogP contribution is 2.15. The Bertz CT molecular complexity index is 444. The highest BCUT2D eigenvalue weighted by Gasteiger charge is 2.25. The standard InChI is InChI=1S/C14H25N5O2/c1-3-17-8-9-20-13(10-17)11-18-4-6-19(7-5-18)14-16-15-12(2)21-14/h13H,3-11H2,1-2H3. The molecular formula is C14H25N5O2. The minimum Gasteiger partial charge on any atom is -0.408 e. The molecule has 0 spiro atoms. The number of likely N-dealkylation sites (N-methyl/N-ethyl adjacent to an activating group) is 1. The zero-order valence-electron chi connectivity index (χ0n) is 13.0. The molecule has 2 saturated heterocycles. The number of anilines is 1. The zero-order valence-corrected chi connectivity index (χ0v) is 13.0. The average molecular weight is 295 g/mol. The lowest BCUT2D eigenvalue weighted by Crippen LogP contribution is -2.52. The van der Waals surface area contributed by atoms with Gasteiger partial charge in [0.25, 0.3) is 0 Å². The van der Waals surface area contributed by atoms with Crippen LogP contribution in [0.5, 0.6) is 0 Å². The van der Waals surface area contributed by atoms with Gasteiger partial charge in [-0.1, -0.05) is 12.0 Å². The van der Waals surface area contributed by atoms with E-state index >= 15 is 0 Å². The Morgan fingerprint density at radius 3 is 2.57 bits per heavy atom. The molecule has 7 heteroatoms. The number of nitrogens with zero attached hydrogens (tertiary/aromatic N) is 5. The molecule has 0 aromatic carbocycles. The summed E-state index contributed by atoms with van der Waals surface area (Å²) in [5.74, 6) is 0.627. The van der Waals surface area contributed by atoms with E-state index in [1.165, 1.54) is 0 Å². The van der Waals surface area contributed by atoms with E-state index in [1.54, 1.807) is 0 Å². The molecule has 1 aromatic rings. The number of morpholine rings is 1. The largest absolute Gasteiger partial charge is 0.408 e. The van der Waals surface area contributed by atoms with Crippen molar-refractivity contribution in [2.24, 2.45) is 0 Å². The second-order valence-electron chi connectivity index (χ2n) is 5.78. The fourth-order valence-electron chi connectivity index (χ4n) is 3.00. The second-order valence-corrected chi connectivity index (χ2v) is 5.78. The van der Waals surface area contributed by atoms with E-state index < -0.39 is 0 Å². The fraction of sp³-hybridized carbons (Fsp3) is 0.857. The summed E-state index contributed by atoms with van der Waals surface area (Å²) in [5.41, 5.74) is 0. The van der Waals surface area contributed by atoms with Crippen molar-refractivity contribution in [3.63, 3.8) is 0 Å². The Balaban J connectivity index is 1.45. The Morgan fingerprint density at radius 1 is 1.10 bits per heavy atom. The summed E-state index contributed by atoms with van der Waals surface area (Å²) in [5, 5.41) is 7.99. The summed E-state index contributed by atoms with van der Waals surface area (Å²) < 4.78 is 11.4. The van der Waals surface area contributed by atoms with Crippen molar-refractivity contribution in [3.8, 4) is 0 Å². The van der Waals surface area contributed by atoms with Crippen molar-refractivity contribution in [2.45, 2.75) is 20.0 Å². The molecule has 21 heavy (non-hydrogen) atoms. The Hall–Kier alpha value is -1.18. The van der Waals surface area contributed by atoms with Crippen LogP contribution in [0.4, 0.5) is 6.01 Å². The van der Waals surface area contributed by atoms with E-state index in [-0.39, 0.29) is 0 Å². The van der Waals surface area contributed by atoms with Crippen LogP contribution in [0, 0.1) is 6.92 Å². The molecule has 0 aliphatic carbocycles. The fourth-order valence-corrected chi connectivity index (χ4v) is 3.00. The van der Waals surface area contributed by atoms with Gasteiger partial charge in [-0.3, -0.25) is 9.80 Å². The number of aromatic nitrogens is 2. The highest BCUT2D eigenvalue weighted by atomic mass is 16.5. The third kappa shape index (κ3) is 3.72. The van der Waals surface area contributed by atoms with Crippen LogP contribution >= 0.6 is 0 Å². The predicted octanol–water partition coefficient (Wildman–Crippen LogP) is 0.221. The highest BCUT2D eigenvalue weighted by molar-refractivity contribution is 5.24. The van der Waals surface area contributed by atoms with Gasteiger partial charge in [0.15, 0.2) is 0 Å². The third-order valence-electron chi connectivity index (χ3n) is 4.29. The number of aryl methyl sites for hydroxylation is 1. The minimum atomic E-state index is 0.343. The van der Waals surface area contributed by atoms with Crippen LogP contribution in [0.3, 0.4) is 0 Å². The first kappa shape index (κ1) is 14.7. The number of rotatable bonds is 4. The van der Waals surface area contributed by atoms with Crippen molar-refractivity contribution in [1.29, 1.82) is 0 Å². The molecule has 3 rings (SSSR count). The van der Waals surface area contributed by atoms with E-state index in [4.69, 9.17) is 9.15 Å². The molecule has 0 amide bonds. The van der Waals surface area contributed by atoms with Gasteiger partial charge in [0.2, 0.25) is 5.89 Å². The Morgan fingerprint density at radius 2 is 1.90 bits per heavy atom. The predicted molar refractivity (Wildman–Crippen MR) is 79.5 cm³/mol. The number of ether oxygens (including phenoxy) is 1. The summed E-state index contributed by atoms with van der Waals surface area (Å²) in [6.45, 7) is 13.1. The molecular weight excluding hydrogens is 270 g/mol. The third-order valence-corrected chi connectivity index (χ3v) is 4.29. The van der Waals surface area contributed by atoms with Crippen LogP contribution in [0.15, 0.2) is 4.42 Å². The zero-order chi connectivity index (χ0) is 14.7. The molecule has 3 heterocycles. The average Bonchev–Trinajstić information content (AvgIpc) is 2.95. The maximum absolute atomic E-state index is 5.89. The lowest BCUT2D eigenvalue weighted by molar-refractivity contribution is -0.0423. The first-order chi connectivity index (χ1) is 10.2. The molecule has 1 unspecified atom stereocenters. The van der Waals surface area contributed by atoms with E-state index in [0.29, 0.717) is 18.0 Å². The summed E-state index contributed by atoms with van der Waals surface area (Å²) in [6, 6.07) is 0.651. The van der Waals surface area contributed by atoms with Crippen LogP contribution in [0.25, 0.3) is 0 Å². The minimum absolute atomic E-state index is 0.343. The van der Waals surface area contributed by atoms with Crippen molar-refractivity contribution >= 4 is 6.01 Å². The molecule has 2 aliphatic heterocycles. The van der Waals surface area contributed by atoms with Crippen molar-refractivity contribution in [1.82, 2.24) is 20.0 Å². The topological polar surface area (TPSA) is 57.9 Å². The molecule has 2 aliphatic rings. The Labute approximate surface area is 125 Å². The van der Waals surface area contributed by atoms with Crippen LogP contribution in [-0.4, -0.2) is 85.1 Å². The lowest BCUT2D eigenvalue weighted by Gasteiger charge is -2.38. The normalized spacial score (nSPS) is 25.4. The SMILES string of the molecule is CCN1CCOC(CN2CCN(c3nnc(C)o3)CC2)C1. The van der Waals surface area contributed by atoms with Gasteiger partial charge in [0.1, 0.15) is 0 Å². The summed E-state index contributed by atoms with van der Waals surface area (Å²) in [4.78, 5) is 7.10. The lowest BCUT2D eigenvalue weighted by atomic mass is 10.2. The molecule has 2 fully saturated rings. The summed E-state index contributed by atoms with van der Waals surface area (Å²) in [6.07, 6.45) is 0.343. The smallest absolute Gasteiger partial charge is 0.318 e. The maximum Gasteiger partial charge on any atom is 0.318 e. The van der Waals surface area contributed by atoms with Gasteiger partial charge in [-0.05, 0) is 6.54 Å². The maximum atomic E-state index is 5.89. The van der Waals surface area contributed by atoms with E-state index in [2.05, 4.69) is 31.8 Å². The molecule has 0 bridgehead atoms. The molecule has 0 radical (unpaired) electrons. The molecule has 0 N–H and O–H groups in total. The molecule has 118 valence electrons. The van der Waals surface area contributed by atoms with Gasteiger partial charge in [-0.2, -0.15) is 0 Å². The quantitative estimate of drug-likeness (QED) is 0.787. The van der Waals surface area contributed by atoms with E-state index in [1.807, 2.05) is 6.92 Å². The van der Waals surface area contributed by atoms with E-state index in [9.17, 15) is 0 Å². The molecule has 1 aromatic heterocycles. The number of piperazine rings is 1. The first-order valence-electron chi connectivity index (χ1n) is 7.86. The van der Waals surface area contributed by atoms with Gasteiger partial charge in [-0.25, -0.2) is 0 Å². The first-order valence-corrected chi connectivity index (χ1v) is 7.86. The van der Waals surface area contributed by atoms with E-state index in [0.717, 1.165) is 59.0 Å². The van der Waals surface area contributed by atoms with Crippen molar-refractivity contribution in [2.75, 3.05) is 63.9 Å². The van der Waals surface area contributed by atoms with Crippen molar-refractivity contribution in [3.05, 3.63) is 5.89 Å². The van der Waals surface area contributed by atoms with Crippen LogP contribution < -0.4 is 4.90 Å². The molecule has 7 nitrogen and oxygen atoms in total. The monoisotopic (exact) mass is 295 g/mol. The van der Waals surface area contributed by atoms with Crippen LogP contribution in [0.1, 0.15) is 12.8 Å². The Kier molecular flexibility index (Phi) is 4.72. The van der Waals surface area contributed by atoms with Crippen LogP contribution in [0.2, 0.25) is 0 Å². The molecule has 1 atom stereocenters. The van der Waals surface area contributed by atoms with Crippen LogP contribution in [-0.2, 0) is 4.74 Å². The van der Waals surface area contributed by atoms with Gasteiger partial charge >= 0.3 is 6.01 Å². The van der Waals surface area contributed by atoms with Gasteiger partial charge in [-0.15, -0.1) is 5.10 Å². The number of hydrogen-bond donors (Lipinski definition) is 0. The number of hydrogen-bond acceptors (Lipinski definition) is 7. The van der Waals surface area contributed by atoms with Gasteiger partial charge in [0, 0.05) is 52.7 Å². The summed E-state index contributed by atoms with van der Waals surface area (Å²) >= 11 is 0. The van der Waals surface area contributed by atoms with Gasteiger partial charge < -0.3 is 14.1 Å².